The van der Waals surface area contributed by atoms with Crippen molar-refractivity contribution in [1.29, 1.82) is 0 Å². The Labute approximate surface area is 90.8 Å². The third kappa shape index (κ3) is 1.41. The Bertz CT molecular complexity index is 294. The number of rotatable bonds is 3. The Morgan fingerprint density at radius 3 is 2.80 bits per heavy atom. The number of aliphatic hydroxyl groups is 2. The first kappa shape index (κ1) is 12.3. The maximum atomic E-state index is 10.3. The predicted molar refractivity (Wildman–Crippen MR) is 58.1 cm³/mol. The lowest BCUT2D eigenvalue weighted by Crippen LogP contribution is -2.57. The molecule has 0 aromatic heterocycles. The number of terminal acetylenes is 1. The SMILES string of the molecule is C#C[C@@]1(O)[C@H](O)CO[C@]1(C=C)[C@H](C)CC. The third-order valence-electron chi connectivity index (χ3n) is 3.43. The van der Waals surface area contributed by atoms with Gasteiger partial charge in [0.2, 0.25) is 0 Å². The minimum atomic E-state index is -1.68. The zero-order chi connectivity index (χ0) is 11.7. The van der Waals surface area contributed by atoms with Crippen molar-refractivity contribution in [3.05, 3.63) is 12.7 Å². The van der Waals surface area contributed by atoms with Gasteiger partial charge in [-0.05, 0) is 5.92 Å². The van der Waals surface area contributed by atoms with Gasteiger partial charge in [-0.3, -0.25) is 0 Å². The first-order valence-electron chi connectivity index (χ1n) is 5.14. The van der Waals surface area contributed by atoms with Gasteiger partial charge in [0.25, 0.3) is 0 Å². The largest absolute Gasteiger partial charge is 0.386 e. The Morgan fingerprint density at radius 1 is 1.80 bits per heavy atom. The van der Waals surface area contributed by atoms with Gasteiger partial charge in [-0.1, -0.05) is 32.3 Å². The topological polar surface area (TPSA) is 49.7 Å². The van der Waals surface area contributed by atoms with Crippen LogP contribution in [0.15, 0.2) is 12.7 Å². The van der Waals surface area contributed by atoms with Crippen LogP contribution >= 0.6 is 0 Å². The second kappa shape index (κ2) is 3.97. The molecule has 1 aliphatic heterocycles. The quantitative estimate of drug-likeness (QED) is 0.533. The molecule has 1 rings (SSSR count). The van der Waals surface area contributed by atoms with Crippen LogP contribution in [0.4, 0.5) is 0 Å². The second-order valence-electron chi connectivity index (χ2n) is 4.04. The van der Waals surface area contributed by atoms with E-state index in [-0.39, 0.29) is 12.5 Å². The molecule has 0 aromatic rings. The maximum absolute atomic E-state index is 10.3. The summed E-state index contributed by atoms with van der Waals surface area (Å²) in [4.78, 5) is 0. The molecule has 0 bridgehead atoms. The standard InChI is InChI=1S/C12H18O3/c1-5-9(4)12(7-3)11(14,6-2)10(13)8-15-12/h2,7,9-10,13-14H,3,5,8H2,1,4H3/t9-,10-,11-,12-/m1/s1. The molecule has 84 valence electrons. The summed E-state index contributed by atoms with van der Waals surface area (Å²) in [6, 6.07) is 0. The van der Waals surface area contributed by atoms with Crippen molar-refractivity contribution >= 4 is 0 Å². The molecule has 0 saturated carbocycles. The second-order valence-corrected chi connectivity index (χ2v) is 4.04. The summed E-state index contributed by atoms with van der Waals surface area (Å²) in [6.07, 6.45) is 6.55. The number of hydrogen-bond acceptors (Lipinski definition) is 3. The minimum absolute atomic E-state index is 0.00630. The first-order chi connectivity index (χ1) is 6.98. The molecule has 0 aliphatic carbocycles. The molecule has 15 heavy (non-hydrogen) atoms. The van der Waals surface area contributed by atoms with Gasteiger partial charge in [-0.2, -0.15) is 0 Å². The van der Waals surface area contributed by atoms with Crippen LogP contribution in [0.25, 0.3) is 0 Å². The van der Waals surface area contributed by atoms with Crippen LogP contribution in [0.5, 0.6) is 0 Å². The van der Waals surface area contributed by atoms with E-state index in [2.05, 4.69) is 12.5 Å². The van der Waals surface area contributed by atoms with E-state index in [1.807, 2.05) is 13.8 Å². The van der Waals surface area contributed by atoms with Crippen molar-refractivity contribution in [2.75, 3.05) is 6.61 Å². The van der Waals surface area contributed by atoms with Gasteiger partial charge in [0.05, 0.1) is 6.61 Å². The molecule has 3 nitrogen and oxygen atoms in total. The number of ether oxygens (including phenoxy) is 1. The summed E-state index contributed by atoms with van der Waals surface area (Å²) in [5, 5.41) is 20.0. The highest BCUT2D eigenvalue weighted by atomic mass is 16.5. The summed E-state index contributed by atoms with van der Waals surface area (Å²) >= 11 is 0. The van der Waals surface area contributed by atoms with E-state index in [1.165, 1.54) is 6.08 Å². The van der Waals surface area contributed by atoms with Crippen LogP contribution in [0.2, 0.25) is 0 Å². The molecule has 0 aromatic carbocycles. The van der Waals surface area contributed by atoms with Crippen LogP contribution in [0.1, 0.15) is 20.3 Å². The summed E-state index contributed by atoms with van der Waals surface area (Å²) in [6.45, 7) is 7.60. The fraction of sp³-hybridized carbons (Fsp3) is 0.667. The average molecular weight is 210 g/mol. The monoisotopic (exact) mass is 210 g/mol. The van der Waals surface area contributed by atoms with Crippen LogP contribution in [0, 0.1) is 18.3 Å². The van der Waals surface area contributed by atoms with Gasteiger partial charge in [-0.15, -0.1) is 13.0 Å². The molecule has 0 spiro atoms. The van der Waals surface area contributed by atoms with E-state index in [0.29, 0.717) is 0 Å². The van der Waals surface area contributed by atoms with Crippen molar-refractivity contribution in [1.82, 2.24) is 0 Å². The normalized spacial score (nSPS) is 42.2. The van der Waals surface area contributed by atoms with E-state index >= 15 is 0 Å². The van der Waals surface area contributed by atoms with Crippen molar-refractivity contribution in [3.8, 4) is 12.3 Å². The molecular weight excluding hydrogens is 192 g/mol. The molecule has 4 atom stereocenters. The van der Waals surface area contributed by atoms with Crippen LogP contribution < -0.4 is 0 Å². The lowest BCUT2D eigenvalue weighted by atomic mass is 9.73. The highest BCUT2D eigenvalue weighted by Crippen LogP contribution is 2.43. The zero-order valence-electron chi connectivity index (χ0n) is 9.23. The summed E-state index contributed by atoms with van der Waals surface area (Å²) < 4.78 is 5.50. The van der Waals surface area contributed by atoms with Gasteiger partial charge in [0, 0.05) is 0 Å². The van der Waals surface area contributed by atoms with Gasteiger partial charge in [0.1, 0.15) is 11.7 Å². The van der Waals surface area contributed by atoms with Crippen molar-refractivity contribution < 1.29 is 14.9 Å². The summed E-state index contributed by atoms with van der Waals surface area (Å²) in [5.41, 5.74) is -2.72. The molecule has 0 unspecified atom stereocenters. The van der Waals surface area contributed by atoms with Gasteiger partial charge < -0.3 is 14.9 Å². The lowest BCUT2D eigenvalue weighted by Gasteiger charge is -2.40. The Morgan fingerprint density at radius 2 is 2.40 bits per heavy atom. The molecule has 1 aliphatic rings. The highest BCUT2D eigenvalue weighted by molar-refractivity contribution is 5.30. The smallest absolute Gasteiger partial charge is 0.186 e. The Balaban J connectivity index is 3.21. The Kier molecular flexibility index (Phi) is 3.25. The van der Waals surface area contributed by atoms with Gasteiger partial charge >= 0.3 is 0 Å². The van der Waals surface area contributed by atoms with Crippen LogP contribution in [-0.4, -0.2) is 34.1 Å². The molecule has 2 N–H and O–H groups in total. The van der Waals surface area contributed by atoms with E-state index < -0.39 is 17.3 Å². The fourth-order valence-corrected chi connectivity index (χ4v) is 2.15. The average Bonchev–Trinajstić information content (AvgIpc) is 2.53. The van der Waals surface area contributed by atoms with Crippen LogP contribution in [0.3, 0.4) is 0 Å². The Hall–Kier alpha value is -0.820. The van der Waals surface area contributed by atoms with E-state index in [0.717, 1.165) is 6.42 Å². The third-order valence-corrected chi connectivity index (χ3v) is 3.43. The predicted octanol–water partition coefficient (Wildman–Crippen LogP) is 0.713. The molecule has 1 fully saturated rings. The summed E-state index contributed by atoms with van der Waals surface area (Å²) in [5.74, 6) is 2.25. The van der Waals surface area contributed by atoms with Crippen molar-refractivity contribution in [2.24, 2.45) is 5.92 Å². The molecular formula is C12H18O3. The molecule has 0 amide bonds. The van der Waals surface area contributed by atoms with E-state index in [9.17, 15) is 10.2 Å². The maximum Gasteiger partial charge on any atom is 0.186 e. The minimum Gasteiger partial charge on any atom is -0.386 e. The van der Waals surface area contributed by atoms with E-state index in [1.54, 1.807) is 0 Å². The molecule has 0 radical (unpaired) electrons. The van der Waals surface area contributed by atoms with Crippen molar-refractivity contribution in [2.45, 2.75) is 37.6 Å². The summed E-state index contributed by atoms with van der Waals surface area (Å²) in [7, 11) is 0. The van der Waals surface area contributed by atoms with Gasteiger partial charge in [-0.25, -0.2) is 0 Å². The highest BCUT2D eigenvalue weighted by Gasteiger charge is 2.60. The zero-order valence-corrected chi connectivity index (χ0v) is 9.23. The number of hydrogen-bond donors (Lipinski definition) is 2. The van der Waals surface area contributed by atoms with E-state index in [4.69, 9.17) is 11.2 Å². The van der Waals surface area contributed by atoms with Crippen LogP contribution in [-0.2, 0) is 4.74 Å². The number of aliphatic hydroxyl groups excluding tert-OH is 1. The van der Waals surface area contributed by atoms with Crippen molar-refractivity contribution in [3.63, 3.8) is 0 Å². The molecule has 3 heteroatoms. The first-order valence-corrected chi connectivity index (χ1v) is 5.14. The molecule has 1 saturated heterocycles. The molecule has 1 heterocycles. The lowest BCUT2D eigenvalue weighted by molar-refractivity contribution is -0.103. The fourth-order valence-electron chi connectivity index (χ4n) is 2.15. The van der Waals surface area contributed by atoms with Gasteiger partial charge in [0.15, 0.2) is 5.60 Å².